The summed E-state index contributed by atoms with van der Waals surface area (Å²) in [6, 6.07) is -0.736. The number of carbonyl (C=O) groups is 2. The molecule has 7 heteroatoms. The predicted molar refractivity (Wildman–Crippen MR) is 86.1 cm³/mol. The summed E-state index contributed by atoms with van der Waals surface area (Å²) < 4.78 is 0. The summed E-state index contributed by atoms with van der Waals surface area (Å²) in [4.78, 5) is 31.2. The van der Waals surface area contributed by atoms with Crippen molar-refractivity contribution in [1.82, 2.24) is 0 Å². The zero-order valence-electron chi connectivity index (χ0n) is 13.7. The number of unbranched alkanes of at least 4 members (excludes halogenated alkanes) is 8. The van der Waals surface area contributed by atoms with Gasteiger partial charge in [0.2, 0.25) is 6.04 Å². The Balaban J connectivity index is 3.44. The van der Waals surface area contributed by atoms with Crippen LogP contribution in [-0.4, -0.2) is 33.1 Å². The molecular formula is C16H29NO6. The first-order valence-corrected chi connectivity index (χ1v) is 8.50. The van der Waals surface area contributed by atoms with E-state index in [1.54, 1.807) is 0 Å². The summed E-state index contributed by atoms with van der Waals surface area (Å²) in [7, 11) is 0. The van der Waals surface area contributed by atoms with E-state index in [-0.39, 0.29) is 24.2 Å². The van der Waals surface area contributed by atoms with Crippen LogP contribution in [0.2, 0.25) is 0 Å². The molecule has 0 spiro atoms. The average Bonchev–Trinajstić information content (AvgIpc) is 2.46. The van der Waals surface area contributed by atoms with Gasteiger partial charge in [-0.25, -0.2) is 0 Å². The van der Waals surface area contributed by atoms with Crippen LogP contribution < -0.4 is 0 Å². The Hall–Kier alpha value is -1.66. The smallest absolute Gasteiger partial charge is 0.303 e. The van der Waals surface area contributed by atoms with Crippen LogP contribution in [-0.2, 0) is 9.59 Å². The number of rotatable bonds is 16. The van der Waals surface area contributed by atoms with Gasteiger partial charge in [-0.15, -0.1) is 0 Å². The second-order valence-electron chi connectivity index (χ2n) is 5.99. The van der Waals surface area contributed by atoms with Gasteiger partial charge in [0.15, 0.2) is 0 Å². The van der Waals surface area contributed by atoms with Gasteiger partial charge < -0.3 is 10.2 Å². The highest BCUT2D eigenvalue weighted by molar-refractivity contribution is 5.66. The van der Waals surface area contributed by atoms with E-state index in [2.05, 4.69) is 0 Å². The van der Waals surface area contributed by atoms with Crippen LogP contribution in [0.25, 0.3) is 0 Å². The minimum atomic E-state index is -0.986. The van der Waals surface area contributed by atoms with Gasteiger partial charge in [-0.1, -0.05) is 44.9 Å². The number of nitrogens with zero attached hydrogens (tertiary/aromatic N) is 1. The molecule has 1 unspecified atom stereocenters. The number of carboxylic acid groups (broad SMARTS) is 2. The quantitative estimate of drug-likeness (QED) is 0.252. The molecule has 0 aromatic carbocycles. The maximum absolute atomic E-state index is 10.8. The van der Waals surface area contributed by atoms with E-state index in [9.17, 15) is 19.7 Å². The minimum absolute atomic E-state index is 0.110. The van der Waals surface area contributed by atoms with Gasteiger partial charge in [-0.05, 0) is 12.8 Å². The molecule has 0 rings (SSSR count). The van der Waals surface area contributed by atoms with Gasteiger partial charge in [0.25, 0.3) is 0 Å². The highest BCUT2D eigenvalue weighted by atomic mass is 16.6. The third kappa shape index (κ3) is 15.0. The summed E-state index contributed by atoms with van der Waals surface area (Å²) in [5.41, 5.74) is 0. The van der Waals surface area contributed by atoms with Crippen LogP contribution in [0.1, 0.15) is 83.5 Å². The van der Waals surface area contributed by atoms with Crippen molar-refractivity contribution in [3.05, 3.63) is 10.1 Å². The summed E-state index contributed by atoms with van der Waals surface area (Å²) in [6.45, 7) is 0. The van der Waals surface area contributed by atoms with E-state index in [1.165, 1.54) is 0 Å². The molecule has 0 saturated heterocycles. The zero-order valence-corrected chi connectivity index (χ0v) is 13.7. The molecule has 23 heavy (non-hydrogen) atoms. The highest BCUT2D eigenvalue weighted by Crippen LogP contribution is 2.14. The average molecular weight is 331 g/mol. The van der Waals surface area contributed by atoms with E-state index >= 15 is 0 Å². The number of hydrogen-bond acceptors (Lipinski definition) is 4. The van der Waals surface area contributed by atoms with Crippen molar-refractivity contribution >= 4 is 11.9 Å². The molecule has 0 heterocycles. The normalized spacial score (nSPS) is 12.0. The van der Waals surface area contributed by atoms with Crippen LogP contribution in [0.3, 0.4) is 0 Å². The van der Waals surface area contributed by atoms with Gasteiger partial charge >= 0.3 is 11.9 Å². The van der Waals surface area contributed by atoms with Crippen LogP contribution in [0.5, 0.6) is 0 Å². The SMILES string of the molecule is O=C(O)CCCCCCCCCCCC(CCC(=O)O)[N+](=O)[O-]. The Morgan fingerprint density at radius 2 is 1.17 bits per heavy atom. The molecular weight excluding hydrogens is 302 g/mol. The topological polar surface area (TPSA) is 118 Å². The summed E-state index contributed by atoms with van der Waals surface area (Å²) in [5.74, 6) is -1.72. The van der Waals surface area contributed by atoms with Crippen molar-refractivity contribution < 1.29 is 24.7 Å². The summed E-state index contributed by atoms with van der Waals surface area (Å²) in [5, 5.41) is 27.9. The molecule has 7 nitrogen and oxygen atoms in total. The molecule has 0 aliphatic heterocycles. The molecule has 0 aliphatic carbocycles. The molecule has 0 amide bonds. The van der Waals surface area contributed by atoms with E-state index in [0.717, 1.165) is 57.8 Å². The lowest BCUT2D eigenvalue weighted by atomic mass is 10.0. The molecule has 2 N–H and O–H groups in total. The predicted octanol–water partition coefficient (Wildman–Crippen LogP) is 3.87. The number of carboxylic acids is 2. The lowest BCUT2D eigenvalue weighted by Crippen LogP contribution is -2.20. The number of aliphatic carboxylic acids is 2. The first-order valence-electron chi connectivity index (χ1n) is 8.50. The summed E-state index contributed by atoms with van der Waals surface area (Å²) >= 11 is 0. The lowest BCUT2D eigenvalue weighted by molar-refractivity contribution is -0.524. The highest BCUT2D eigenvalue weighted by Gasteiger charge is 2.20. The Morgan fingerprint density at radius 3 is 1.61 bits per heavy atom. The summed E-state index contributed by atoms with van der Waals surface area (Å²) in [6.07, 6.45) is 9.50. The zero-order chi connectivity index (χ0) is 17.5. The molecule has 0 bridgehead atoms. The van der Waals surface area contributed by atoms with Crippen LogP contribution in [0, 0.1) is 10.1 Å². The van der Waals surface area contributed by atoms with Crippen LogP contribution in [0.15, 0.2) is 0 Å². The Kier molecular flexibility index (Phi) is 13.0. The second-order valence-corrected chi connectivity index (χ2v) is 5.99. The lowest BCUT2D eigenvalue weighted by Gasteiger charge is -2.08. The van der Waals surface area contributed by atoms with E-state index in [4.69, 9.17) is 10.2 Å². The van der Waals surface area contributed by atoms with Crippen molar-refractivity contribution in [3.63, 3.8) is 0 Å². The number of hydrogen-bond donors (Lipinski definition) is 2. The van der Waals surface area contributed by atoms with Gasteiger partial charge in [0.05, 0.1) is 6.42 Å². The standard InChI is InChI=1S/C16H29NO6/c18-15(19)11-9-7-5-3-1-2-4-6-8-10-14(17(22)23)12-13-16(20)21/h14H,1-13H2,(H,18,19)(H,20,21). The molecule has 0 fully saturated rings. The third-order valence-corrected chi connectivity index (χ3v) is 3.92. The van der Waals surface area contributed by atoms with Crippen molar-refractivity contribution in [2.45, 2.75) is 89.5 Å². The fourth-order valence-electron chi connectivity index (χ4n) is 2.54. The van der Waals surface area contributed by atoms with Crippen LogP contribution >= 0.6 is 0 Å². The Labute approximate surface area is 137 Å². The Bertz CT molecular complexity index is 358. The largest absolute Gasteiger partial charge is 0.481 e. The maximum Gasteiger partial charge on any atom is 0.303 e. The molecule has 0 saturated carbocycles. The van der Waals surface area contributed by atoms with Crippen LogP contribution in [0.4, 0.5) is 0 Å². The number of nitro groups is 1. The van der Waals surface area contributed by atoms with E-state index in [1.807, 2.05) is 0 Å². The molecule has 0 aromatic heterocycles. The monoisotopic (exact) mass is 331 g/mol. The second kappa shape index (κ2) is 14.0. The van der Waals surface area contributed by atoms with Gasteiger partial charge in [-0.2, -0.15) is 0 Å². The fraction of sp³-hybridized carbons (Fsp3) is 0.875. The molecule has 0 aromatic rings. The van der Waals surface area contributed by atoms with Gasteiger partial charge in [-0.3, -0.25) is 19.7 Å². The van der Waals surface area contributed by atoms with Gasteiger partial charge in [0, 0.05) is 24.2 Å². The Morgan fingerprint density at radius 1 is 0.739 bits per heavy atom. The molecule has 0 radical (unpaired) electrons. The maximum atomic E-state index is 10.8. The van der Waals surface area contributed by atoms with E-state index in [0.29, 0.717) is 6.42 Å². The van der Waals surface area contributed by atoms with Gasteiger partial charge in [0.1, 0.15) is 0 Å². The van der Waals surface area contributed by atoms with Crippen molar-refractivity contribution in [1.29, 1.82) is 0 Å². The van der Waals surface area contributed by atoms with E-state index < -0.39 is 18.0 Å². The fourth-order valence-corrected chi connectivity index (χ4v) is 2.54. The van der Waals surface area contributed by atoms with Crippen molar-refractivity contribution in [3.8, 4) is 0 Å². The molecule has 134 valence electrons. The van der Waals surface area contributed by atoms with Crippen molar-refractivity contribution in [2.75, 3.05) is 0 Å². The molecule has 0 aliphatic rings. The first-order chi connectivity index (χ1) is 10.9. The first kappa shape index (κ1) is 21.3. The third-order valence-electron chi connectivity index (χ3n) is 3.92. The minimum Gasteiger partial charge on any atom is -0.481 e. The van der Waals surface area contributed by atoms with Crippen molar-refractivity contribution in [2.24, 2.45) is 0 Å². The molecule has 1 atom stereocenters.